The lowest BCUT2D eigenvalue weighted by molar-refractivity contribution is -0.141. The minimum Gasteiger partial charge on any atom is -0.460 e. The van der Waals surface area contributed by atoms with Gasteiger partial charge in [-0.1, -0.05) is 0 Å². The molecule has 1 heterocycles. The van der Waals surface area contributed by atoms with Crippen LogP contribution in [0.15, 0.2) is 0 Å². The number of carbonyl (C=O) groups excluding carboxylic acids is 1. The van der Waals surface area contributed by atoms with E-state index in [1.54, 1.807) is 0 Å². The molecular formula is C5H7FO2. The summed E-state index contributed by atoms with van der Waals surface area (Å²) in [5.41, 5.74) is 0. The van der Waals surface area contributed by atoms with Gasteiger partial charge in [-0.3, -0.25) is 4.79 Å². The van der Waals surface area contributed by atoms with Crippen molar-refractivity contribution >= 4 is 5.97 Å². The van der Waals surface area contributed by atoms with E-state index in [4.69, 9.17) is 0 Å². The standard InChI is InChI=1S/C5H7FO2/c6-3-4-1-2-5(7)8-4/h4H,1-3H2. The van der Waals surface area contributed by atoms with Crippen LogP contribution in [-0.2, 0) is 9.53 Å². The van der Waals surface area contributed by atoms with E-state index >= 15 is 0 Å². The number of hydrogen-bond donors (Lipinski definition) is 0. The predicted octanol–water partition coefficient (Wildman–Crippen LogP) is 0.661. The van der Waals surface area contributed by atoms with Crippen LogP contribution in [0.3, 0.4) is 0 Å². The maximum Gasteiger partial charge on any atom is 0.306 e. The molecule has 1 aliphatic rings. The van der Waals surface area contributed by atoms with E-state index in [1.165, 1.54) is 0 Å². The smallest absolute Gasteiger partial charge is 0.306 e. The van der Waals surface area contributed by atoms with Gasteiger partial charge in [-0.25, -0.2) is 4.39 Å². The summed E-state index contributed by atoms with van der Waals surface area (Å²) in [6.45, 7) is -0.536. The van der Waals surface area contributed by atoms with Gasteiger partial charge in [0.2, 0.25) is 0 Å². The summed E-state index contributed by atoms with van der Waals surface area (Å²) in [5, 5.41) is 0. The first-order chi connectivity index (χ1) is 3.83. The first kappa shape index (κ1) is 5.54. The fourth-order valence-corrected chi connectivity index (χ4v) is 0.691. The normalized spacial score (nSPS) is 28.1. The predicted molar refractivity (Wildman–Crippen MR) is 25.1 cm³/mol. The van der Waals surface area contributed by atoms with Crippen LogP contribution in [0.4, 0.5) is 4.39 Å². The summed E-state index contributed by atoms with van der Waals surface area (Å²) in [7, 11) is 0. The van der Waals surface area contributed by atoms with E-state index in [2.05, 4.69) is 4.74 Å². The summed E-state index contributed by atoms with van der Waals surface area (Å²) in [6, 6.07) is 0. The average molecular weight is 118 g/mol. The lowest BCUT2D eigenvalue weighted by atomic mass is 10.3. The number of rotatable bonds is 1. The fraction of sp³-hybridized carbons (Fsp3) is 0.800. The molecule has 0 radical (unpaired) electrons. The topological polar surface area (TPSA) is 26.3 Å². The zero-order valence-corrected chi connectivity index (χ0v) is 4.39. The molecule has 1 unspecified atom stereocenters. The quantitative estimate of drug-likeness (QED) is 0.473. The lowest BCUT2D eigenvalue weighted by Crippen LogP contribution is -2.07. The Bertz CT molecular complexity index is 103. The van der Waals surface area contributed by atoms with Gasteiger partial charge >= 0.3 is 5.97 Å². The Kier molecular flexibility index (Phi) is 1.46. The van der Waals surface area contributed by atoms with Crippen molar-refractivity contribution in [1.29, 1.82) is 0 Å². The maximum atomic E-state index is 11.6. The first-order valence-electron chi connectivity index (χ1n) is 2.58. The Morgan fingerprint density at radius 3 is 2.88 bits per heavy atom. The molecule has 3 heteroatoms. The number of hydrogen-bond acceptors (Lipinski definition) is 2. The van der Waals surface area contributed by atoms with E-state index < -0.39 is 12.8 Å². The summed E-state index contributed by atoms with van der Waals surface area (Å²) in [5.74, 6) is -0.271. The largest absolute Gasteiger partial charge is 0.460 e. The summed E-state index contributed by atoms with van der Waals surface area (Å²) in [6.07, 6.45) is 0.492. The number of carbonyl (C=O) groups is 1. The minimum absolute atomic E-state index is 0.271. The van der Waals surface area contributed by atoms with E-state index in [0.29, 0.717) is 12.8 Å². The van der Waals surface area contributed by atoms with Crippen molar-refractivity contribution in [3.63, 3.8) is 0 Å². The van der Waals surface area contributed by atoms with Crippen LogP contribution in [0, 0.1) is 0 Å². The maximum absolute atomic E-state index is 11.6. The Balaban J connectivity index is 2.32. The first-order valence-corrected chi connectivity index (χ1v) is 2.58. The molecule has 1 aliphatic heterocycles. The zero-order chi connectivity index (χ0) is 5.98. The summed E-state index contributed by atoms with van der Waals surface area (Å²) >= 11 is 0. The van der Waals surface area contributed by atoms with Crippen LogP contribution in [0.2, 0.25) is 0 Å². The molecule has 0 aromatic rings. The molecule has 0 amide bonds. The number of alkyl halides is 1. The number of esters is 1. The van der Waals surface area contributed by atoms with Gasteiger partial charge in [-0.2, -0.15) is 0 Å². The van der Waals surface area contributed by atoms with E-state index in [0.717, 1.165) is 0 Å². The van der Waals surface area contributed by atoms with Crippen molar-refractivity contribution in [2.45, 2.75) is 18.9 Å². The summed E-state index contributed by atoms with van der Waals surface area (Å²) in [4.78, 5) is 10.2. The minimum atomic E-state index is -0.536. The highest BCUT2D eigenvalue weighted by Crippen LogP contribution is 2.13. The highest BCUT2D eigenvalue weighted by Gasteiger charge is 2.22. The molecule has 2 nitrogen and oxygen atoms in total. The number of cyclic esters (lactones) is 1. The number of halogens is 1. The molecule has 0 N–H and O–H groups in total. The Morgan fingerprint density at radius 1 is 1.88 bits per heavy atom. The van der Waals surface area contributed by atoms with Crippen LogP contribution in [0.1, 0.15) is 12.8 Å². The molecular weight excluding hydrogens is 111 g/mol. The molecule has 0 saturated carbocycles. The Labute approximate surface area is 46.6 Å². The Morgan fingerprint density at radius 2 is 2.62 bits per heavy atom. The van der Waals surface area contributed by atoms with E-state index in [1.807, 2.05) is 0 Å². The van der Waals surface area contributed by atoms with Crippen molar-refractivity contribution in [3.8, 4) is 0 Å². The van der Waals surface area contributed by atoms with Gasteiger partial charge in [0.25, 0.3) is 0 Å². The second-order valence-corrected chi connectivity index (χ2v) is 1.80. The SMILES string of the molecule is O=C1CCC(CF)O1. The van der Waals surface area contributed by atoms with Crippen LogP contribution in [0.5, 0.6) is 0 Å². The second-order valence-electron chi connectivity index (χ2n) is 1.80. The van der Waals surface area contributed by atoms with Crippen molar-refractivity contribution in [2.24, 2.45) is 0 Å². The van der Waals surface area contributed by atoms with Crippen LogP contribution in [-0.4, -0.2) is 18.7 Å². The van der Waals surface area contributed by atoms with Crippen molar-refractivity contribution < 1.29 is 13.9 Å². The highest BCUT2D eigenvalue weighted by molar-refractivity contribution is 5.71. The van der Waals surface area contributed by atoms with Crippen LogP contribution in [0.25, 0.3) is 0 Å². The Hall–Kier alpha value is -0.600. The number of ether oxygens (including phenoxy) is 1. The van der Waals surface area contributed by atoms with E-state index in [-0.39, 0.29) is 5.97 Å². The molecule has 0 aromatic heterocycles. The van der Waals surface area contributed by atoms with Gasteiger partial charge in [0.1, 0.15) is 12.8 Å². The second kappa shape index (κ2) is 2.11. The van der Waals surface area contributed by atoms with Gasteiger partial charge in [0, 0.05) is 6.42 Å². The highest BCUT2D eigenvalue weighted by atomic mass is 19.1. The van der Waals surface area contributed by atoms with Crippen molar-refractivity contribution in [2.75, 3.05) is 6.67 Å². The zero-order valence-electron chi connectivity index (χ0n) is 4.39. The average Bonchev–Trinajstić information content (AvgIpc) is 2.14. The third-order valence-electron chi connectivity index (χ3n) is 1.14. The van der Waals surface area contributed by atoms with Gasteiger partial charge in [0.05, 0.1) is 0 Å². The molecule has 0 aliphatic carbocycles. The molecule has 0 spiro atoms. The van der Waals surface area contributed by atoms with Gasteiger partial charge < -0.3 is 4.74 Å². The third-order valence-corrected chi connectivity index (χ3v) is 1.14. The molecule has 8 heavy (non-hydrogen) atoms. The van der Waals surface area contributed by atoms with E-state index in [9.17, 15) is 9.18 Å². The molecule has 0 bridgehead atoms. The summed E-state index contributed by atoms with van der Waals surface area (Å²) < 4.78 is 16.1. The monoisotopic (exact) mass is 118 g/mol. The fourth-order valence-electron chi connectivity index (χ4n) is 0.691. The van der Waals surface area contributed by atoms with Crippen LogP contribution < -0.4 is 0 Å². The van der Waals surface area contributed by atoms with Gasteiger partial charge in [-0.15, -0.1) is 0 Å². The molecule has 1 rings (SSSR count). The molecule has 0 aromatic carbocycles. The van der Waals surface area contributed by atoms with Crippen molar-refractivity contribution in [1.82, 2.24) is 0 Å². The third kappa shape index (κ3) is 0.967. The molecule has 1 saturated heterocycles. The lowest BCUT2D eigenvalue weighted by Gasteiger charge is -1.99. The molecule has 46 valence electrons. The molecule has 1 fully saturated rings. The van der Waals surface area contributed by atoms with Gasteiger partial charge in [-0.05, 0) is 6.42 Å². The van der Waals surface area contributed by atoms with Crippen LogP contribution >= 0.6 is 0 Å². The molecule has 1 atom stereocenters. The van der Waals surface area contributed by atoms with Gasteiger partial charge in [0.15, 0.2) is 0 Å². The van der Waals surface area contributed by atoms with Crippen molar-refractivity contribution in [3.05, 3.63) is 0 Å².